The van der Waals surface area contributed by atoms with Gasteiger partial charge in [0.2, 0.25) is 0 Å². The summed E-state index contributed by atoms with van der Waals surface area (Å²) in [5.74, 6) is 2.46. The normalized spacial score (nSPS) is 26.7. The Hall–Kier alpha value is -0.0500. The van der Waals surface area contributed by atoms with E-state index >= 15 is 0 Å². The molecule has 1 saturated carbocycles. The van der Waals surface area contributed by atoms with Gasteiger partial charge in [-0.3, -0.25) is 0 Å². The van der Waals surface area contributed by atoms with Crippen LogP contribution in [0.4, 0.5) is 0 Å². The predicted octanol–water partition coefficient (Wildman–Crippen LogP) is 5.31. The molecule has 0 bridgehead atoms. The first-order chi connectivity index (χ1) is 9.63. The lowest BCUT2D eigenvalue weighted by Gasteiger charge is -2.36. The fourth-order valence-corrected chi connectivity index (χ4v) is 4.30. The Balaban J connectivity index is 2.09. The maximum Gasteiger partial charge on any atom is 0.0449 e. The van der Waals surface area contributed by atoms with Gasteiger partial charge in [-0.15, -0.1) is 0 Å². The zero-order chi connectivity index (χ0) is 14.5. The Morgan fingerprint density at radius 2 is 2.10 bits per heavy atom. The molecule has 0 radical (unpaired) electrons. The van der Waals surface area contributed by atoms with Crippen molar-refractivity contribution in [3.05, 3.63) is 33.3 Å². The highest BCUT2D eigenvalue weighted by Gasteiger charge is 2.29. The highest BCUT2D eigenvalue weighted by atomic mass is 79.9. The molecule has 2 rings (SSSR count). The van der Waals surface area contributed by atoms with Gasteiger partial charge in [0.15, 0.2) is 0 Å². The van der Waals surface area contributed by atoms with E-state index in [2.05, 4.69) is 47.4 Å². The average Bonchev–Trinajstić information content (AvgIpc) is 2.44. The summed E-state index contributed by atoms with van der Waals surface area (Å²) in [4.78, 5) is 0. The van der Waals surface area contributed by atoms with Crippen molar-refractivity contribution in [3.8, 4) is 0 Å². The van der Waals surface area contributed by atoms with Crippen LogP contribution in [0.2, 0.25) is 5.02 Å². The molecule has 1 N–H and O–H groups in total. The number of hydrogen-bond donors (Lipinski definition) is 1. The van der Waals surface area contributed by atoms with E-state index in [0.717, 1.165) is 40.2 Å². The van der Waals surface area contributed by atoms with Crippen LogP contribution in [0.5, 0.6) is 0 Å². The summed E-state index contributed by atoms with van der Waals surface area (Å²) in [6.45, 7) is 3.46. The van der Waals surface area contributed by atoms with E-state index in [4.69, 9.17) is 11.6 Å². The molecule has 1 aromatic rings. The number of nitrogens with one attached hydrogen (secondary N) is 1. The van der Waals surface area contributed by atoms with Crippen molar-refractivity contribution in [1.82, 2.24) is 5.32 Å². The molecule has 0 amide bonds. The van der Waals surface area contributed by atoms with Gasteiger partial charge in [0.05, 0.1) is 0 Å². The third-order valence-corrected chi connectivity index (χ3v) is 5.63. The van der Waals surface area contributed by atoms with E-state index in [1.807, 2.05) is 6.07 Å². The molecule has 1 nitrogen and oxygen atoms in total. The van der Waals surface area contributed by atoms with Crippen LogP contribution in [-0.2, 0) is 6.42 Å². The van der Waals surface area contributed by atoms with Gasteiger partial charge in [-0.25, -0.2) is 0 Å². The van der Waals surface area contributed by atoms with Gasteiger partial charge < -0.3 is 5.32 Å². The minimum absolute atomic E-state index is 0.764. The molecule has 0 heterocycles. The summed E-state index contributed by atoms with van der Waals surface area (Å²) in [5.41, 5.74) is 1.30. The van der Waals surface area contributed by atoms with Crippen LogP contribution in [0, 0.1) is 17.8 Å². The number of benzene rings is 1. The molecular weight excluding hydrogens is 334 g/mol. The van der Waals surface area contributed by atoms with Gasteiger partial charge in [-0.2, -0.15) is 0 Å². The smallest absolute Gasteiger partial charge is 0.0449 e. The van der Waals surface area contributed by atoms with Gasteiger partial charge in [0, 0.05) is 9.50 Å². The second kappa shape index (κ2) is 7.82. The Morgan fingerprint density at radius 3 is 2.75 bits per heavy atom. The number of halogens is 2. The van der Waals surface area contributed by atoms with Gasteiger partial charge >= 0.3 is 0 Å². The maximum absolute atomic E-state index is 6.40. The van der Waals surface area contributed by atoms with Crippen LogP contribution in [-0.4, -0.2) is 13.6 Å². The van der Waals surface area contributed by atoms with Gasteiger partial charge in [0.25, 0.3) is 0 Å². The lowest BCUT2D eigenvalue weighted by Crippen LogP contribution is -2.33. The Morgan fingerprint density at radius 1 is 1.30 bits per heavy atom. The molecule has 20 heavy (non-hydrogen) atoms. The summed E-state index contributed by atoms with van der Waals surface area (Å²) in [7, 11) is 2.07. The second-order valence-corrected chi connectivity index (χ2v) is 7.43. The van der Waals surface area contributed by atoms with Crippen LogP contribution >= 0.6 is 27.5 Å². The minimum Gasteiger partial charge on any atom is -0.319 e. The van der Waals surface area contributed by atoms with Gasteiger partial charge in [-0.05, 0) is 68.3 Å². The average molecular weight is 359 g/mol. The molecule has 1 fully saturated rings. The quantitative estimate of drug-likeness (QED) is 0.752. The fraction of sp³-hybridized carbons (Fsp3) is 0.647. The van der Waals surface area contributed by atoms with Crippen LogP contribution in [0.1, 0.15) is 38.2 Å². The van der Waals surface area contributed by atoms with Crippen molar-refractivity contribution in [2.45, 2.75) is 39.0 Å². The van der Waals surface area contributed by atoms with Crippen molar-refractivity contribution in [2.75, 3.05) is 13.6 Å². The van der Waals surface area contributed by atoms with Crippen LogP contribution in [0.25, 0.3) is 0 Å². The van der Waals surface area contributed by atoms with Gasteiger partial charge in [-0.1, -0.05) is 53.4 Å². The predicted molar refractivity (Wildman–Crippen MR) is 91.4 cm³/mol. The van der Waals surface area contributed by atoms with Crippen molar-refractivity contribution in [3.63, 3.8) is 0 Å². The third kappa shape index (κ3) is 4.22. The summed E-state index contributed by atoms with van der Waals surface area (Å²) in [6.07, 6.45) is 6.55. The Labute approximate surface area is 136 Å². The molecule has 1 aliphatic carbocycles. The number of hydrogen-bond acceptors (Lipinski definition) is 1. The van der Waals surface area contributed by atoms with E-state index in [9.17, 15) is 0 Å². The first-order valence-corrected chi connectivity index (χ1v) is 8.89. The standard InChI is InChI=1S/C17H25BrClN/c1-3-12-4-5-14(11-20-2)15(8-12)9-13-6-7-16(18)10-17(13)19/h6-7,10,12,14-15,20H,3-5,8-9,11H2,1-2H3. The summed E-state index contributed by atoms with van der Waals surface area (Å²) in [5, 5.41) is 4.27. The maximum atomic E-state index is 6.40. The Kier molecular flexibility index (Phi) is 6.38. The Bertz CT molecular complexity index is 435. The molecule has 1 aromatic carbocycles. The van der Waals surface area contributed by atoms with Crippen LogP contribution in [0.15, 0.2) is 22.7 Å². The monoisotopic (exact) mass is 357 g/mol. The first kappa shape index (κ1) is 16.3. The topological polar surface area (TPSA) is 12.0 Å². The van der Waals surface area contributed by atoms with E-state index in [1.165, 1.54) is 31.2 Å². The molecule has 0 spiro atoms. The molecule has 3 atom stereocenters. The summed E-state index contributed by atoms with van der Waals surface area (Å²) < 4.78 is 1.06. The first-order valence-electron chi connectivity index (χ1n) is 7.72. The number of rotatable bonds is 5. The van der Waals surface area contributed by atoms with Crippen molar-refractivity contribution in [1.29, 1.82) is 0 Å². The van der Waals surface area contributed by atoms with Crippen LogP contribution < -0.4 is 5.32 Å². The van der Waals surface area contributed by atoms with Crippen molar-refractivity contribution < 1.29 is 0 Å². The highest BCUT2D eigenvalue weighted by molar-refractivity contribution is 9.10. The zero-order valence-corrected chi connectivity index (χ0v) is 14.8. The van der Waals surface area contributed by atoms with Crippen molar-refractivity contribution in [2.24, 2.45) is 17.8 Å². The lowest BCUT2D eigenvalue weighted by molar-refractivity contribution is 0.173. The van der Waals surface area contributed by atoms with Crippen molar-refractivity contribution >= 4 is 27.5 Å². The minimum atomic E-state index is 0.764. The van der Waals surface area contributed by atoms with E-state index in [1.54, 1.807) is 0 Å². The van der Waals surface area contributed by atoms with E-state index in [-0.39, 0.29) is 0 Å². The van der Waals surface area contributed by atoms with Crippen LogP contribution in [0.3, 0.4) is 0 Å². The third-order valence-electron chi connectivity index (χ3n) is 4.79. The SMILES string of the molecule is CCC1CCC(CNC)C(Cc2ccc(Br)cc2Cl)C1. The molecule has 1 aliphatic rings. The molecule has 0 saturated heterocycles. The molecule has 112 valence electrons. The summed E-state index contributed by atoms with van der Waals surface area (Å²) in [6, 6.07) is 6.30. The summed E-state index contributed by atoms with van der Waals surface area (Å²) >= 11 is 9.88. The fourth-order valence-electron chi connectivity index (χ4n) is 3.55. The molecule has 3 heteroatoms. The zero-order valence-electron chi connectivity index (χ0n) is 12.5. The molecule has 0 aliphatic heterocycles. The van der Waals surface area contributed by atoms with E-state index < -0.39 is 0 Å². The largest absolute Gasteiger partial charge is 0.319 e. The molecular formula is C17H25BrClN. The van der Waals surface area contributed by atoms with Gasteiger partial charge in [0.1, 0.15) is 0 Å². The second-order valence-electron chi connectivity index (χ2n) is 6.11. The highest BCUT2D eigenvalue weighted by Crippen LogP contribution is 2.38. The lowest BCUT2D eigenvalue weighted by atomic mass is 9.71. The van der Waals surface area contributed by atoms with E-state index in [0.29, 0.717) is 0 Å². The molecule has 3 unspecified atom stereocenters. The molecule has 0 aromatic heterocycles.